The lowest BCUT2D eigenvalue weighted by atomic mass is 9.97. The number of alkyl halides is 1. The van der Waals surface area contributed by atoms with Crippen LogP contribution in [0.2, 0.25) is 0 Å². The molecule has 0 aromatic carbocycles. The van der Waals surface area contributed by atoms with Crippen molar-refractivity contribution in [3.63, 3.8) is 0 Å². The molecule has 1 saturated heterocycles. The normalized spacial score (nSPS) is 47.4. The van der Waals surface area contributed by atoms with Gasteiger partial charge in [0.2, 0.25) is 0 Å². The highest BCUT2D eigenvalue weighted by Crippen LogP contribution is 2.33. The fraction of sp³-hybridized carbons (Fsp3) is 0.714. The van der Waals surface area contributed by atoms with Gasteiger partial charge in [-0.05, 0) is 0 Å². The smallest absolute Gasteiger partial charge is 0.262 e. The van der Waals surface area contributed by atoms with Crippen molar-refractivity contribution in [1.29, 1.82) is 0 Å². The summed E-state index contributed by atoms with van der Waals surface area (Å²) in [6.07, 6.45) is 2.93. The summed E-state index contributed by atoms with van der Waals surface area (Å²) in [5.41, 5.74) is -2.04. The van der Waals surface area contributed by atoms with Crippen molar-refractivity contribution < 1.29 is 24.4 Å². The summed E-state index contributed by atoms with van der Waals surface area (Å²) in [7, 11) is 0. The van der Waals surface area contributed by atoms with Gasteiger partial charge < -0.3 is 20.1 Å². The van der Waals surface area contributed by atoms with Crippen molar-refractivity contribution in [2.75, 3.05) is 13.2 Å². The predicted octanol–water partition coefficient (Wildman–Crippen LogP) is -1.60. The Morgan fingerprint density at radius 1 is 1.75 bits per heavy atom. The van der Waals surface area contributed by atoms with Crippen LogP contribution in [0.5, 0.6) is 0 Å². The Morgan fingerprint density at radius 3 is 2.58 bits per heavy atom. The highest BCUT2D eigenvalue weighted by Gasteiger charge is 2.57. The molecule has 0 aliphatic carbocycles. The number of aliphatic hydroxyl groups is 3. The fourth-order valence-corrected chi connectivity index (χ4v) is 0.997. The first-order valence-electron chi connectivity index (χ1n) is 3.30. The summed E-state index contributed by atoms with van der Waals surface area (Å²) in [6.45, 7) is -1.57. The molecular weight excluding hydrogens is 167 g/mol. The maximum Gasteiger partial charge on any atom is 0.262 e. The average Bonchev–Trinajstić information content (AvgIpc) is 2.32. The van der Waals surface area contributed by atoms with E-state index in [1.54, 1.807) is 0 Å². The zero-order chi connectivity index (χ0) is 9.41. The van der Waals surface area contributed by atoms with Gasteiger partial charge in [-0.1, -0.05) is 5.92 Å². The number of hydrogen-bond donors (Lipinski definition) is 3. The highest BCUT2D eigenvalue weighted by molar-refractivity contribution is 5.17. The van der Waals surface area contributed by atoms with E-state index >= 15 is 0 Å². The molecule has 0 aromatic rings. The first-order valence-corrected chi connectivity index (χ1v) is 3.30. The molecule has 4 nitrogen and oxygen atoms in total. The molecule has 12 heavy (non-hydrogen) atoms. The summed E-state index contributed by atoms with van der Waals surface area (Å²) < 4.78 is 17.5. The van der Waals surface area contributed by atoms with Crippen LogP contribution in [0, 0.1) is 12.3 Å². The van der Waals surface area contributed by atoms with Crippen molar-refractivity contribution in [1.82, 2.24) is 0 Å². The Morgan fingerprint density at radius 2 is 2.33 bits per heavy atom. The topological polar surface area (TPSA) is 69.9 Å². The number of hydrogen-bond acceptors (Lipinski definition) is 4. The van der Waals surface area contributed by atoms with Gasteiger partial charge in [-0.3, -0.25) is 0 Å². The molecule has 3 atom stereocenters. The Bertz CT molecular complexity index is 226. The molecule has 0 amide bonds. The van der Waals surface area contributed by atoms with Crippen LogP contribution in [0.15, 0.2) is 0 Å². The summed E-state index contributed by atoms with van der Waals surface area (Å²) in [4.78, 5) is 0. The molecule has 0 spiro atoms. The Balaban J connectivity index is 2.89. The van der Waals surface area contributed by atoms with Gasteiger partial charge in [0, 0.05) is 0 Å². The maximum absolute atomic E-state index is 13.1. The third kappa shape index (κ3) is 1.09. The van der Waals surface area contributed by atoms with Gasteiger partial charge in [-0.25, -0.2) is 4.39 Å². The number of halogens is 1. The zero-order valence-corrected chi connectivity index (χ0v) is 6.20. The monoisotopic (exact) mass is 176 g/mol. The standard InChI is InChI=1S/C7H9FO4/c1-2-6(11)4-12-7(8,3-9)5(6)10/h1,5,9-11H,3-4H2. The first kappa shape index (κ1) is 9.42. The quantitative estimate of drug-likeness (QED) is 0.421. The van der Waals surface area contributed by atoms with E-state index < -0.39 is 30.8 Å². The molecule has 0 radical (unpaired) electrons. The number of rotatable bonds is 1. The summed E-state index contributed by atoms with van der Waals surface area (Å²) in [5, 5.41) is 26.9. The highest BCUT2D eigenvalue weighted by atomic mass is 19.2. The lowest BCUT2D eigenvalue weighted by Crippen LogP contribution is -2.48. The van der Waals surface area contributed by atoms with Crippen LogP contribution >= 0.6 is 0 Å². The molecule has 3 N–H and O–H groups in total. The molecule has 68 valence electrons. The van der Waals surface area contributed by atoms with Gasteiger partial charge in [0.25, 0.3) is 5.85 Å². The van der Waals surface area contributed by atoms with Crippen molar-refractivity contribution >= 4 is 0 Å². The zero-order valence-electron chi connectivity index (χ0n) is 6.20. The number of aliphatic hydroxyl groups excluding tert-OH is 2. The van der Waals surface area contributed by atoms with Gasteiger partial charge in [0.1, 0.15) is 6.61 Å². The van der Waals surface area contributed by atoms with E-state index in [2.05, 4.69) is 4.74 Å². The van der Waals surface area contributed by atoms with Crippen molar-refractivity contribution in [3.8, 4) is 12.3 Å². The molecule has 3 unspecified atom stereocenters. The number of terminal acetylenes is 1. The molecule has 5 heteroatoms. The molecule has 0 bridgehead atoms. The van der Waals surface area contributed by atoms with E-state index in [0.29, 0.717) is 0 Å². The first-order chi connectivity index (χ1) is 5.48. The molecular formula is C7H9FO4. The Hall–Kier alpha value is -0.670. The molecule has 1 aliphatic heterocycles. The van der Waals surface area contributed by atoms with Gasteiger partial charge in [0.15, 0.2) is 11.7 Å². The Labute approximate surface area is 68.6 Å². The lowest BCUT2D eigenvalue weighted by molar-refractivity contribution is -0.184. The van der Waals surface area contributed by atoms with Gasteiger partial charge in [-0.2, -0.15) is 0 Å². The Kier molecular flexibility index (Phi) is 2.10. The second-order valence-corrected chi connectivity index (χ2v) is 2.70. The minimum atomic E-state index is -2.65. The summed E-state index contributed by atoms with van der Waals surface area (Å²) in [6, 6.07) is 0. The second-order valence-electron chi connectivity index (χ2n) is 2.70. The van der Waals surface area contributed by atoms with E-state index in [-0.39, 0.29) is 0 Å². The largest absolute Gasteiger partial charge is 0.390 e. The summed E-state index contributed by atoms with van der Waals surface area (Å²) >= 11 is 0. The van der Waals surface area contributed by atoms with E-state index in [0.717, 1.165) is 0 Å². The second kappa shape index (κ2) is 2.68. The van der Waals surface area contributed by atoms with Crippen molar-refractivity contribution in [2.45, 2.75) is 17.6 Å². The predicted molar refractivity (Wildman–Crippen MR) is 36.7 cm³/mol. The summed E-state index contributed by atoms with van der Waals surface area (Å²) in [5.74, 6) is -0.843. The molecule has 1 aliphatic rings. The third-order valence-electron chi connectivity index (χ3n) is 1.86. The van der Waals surface area contributed by atoms with Crippen LogP contribution in [0.25, 0.3) is 0 Å². The molecule has 0 saturated carbocycles. The lowest BCUT2D eigenvalue weighted by Gasteiger charge is -2.23. The number of ether oxygens (including phenoxy) is 1. The van der Waals surface area contributed by atoms with Crippen molar-refractivity contribution in [3.05, 3.63) is 0 Å². The minimum absolute atomic E-state index is 0.526. The van der Waals surface area contributed by atoms with E-state index in [1.165, 1.54) is 0 Å². The molecule has 0 aromatic heterocycles. The van der Waals surface area contributed by atoms with Crippen LogP contribution in [0.4, 0.5) is 4.39 Å². The average molecular weight is 176 g/mol. The van der Waals surface area contributed by atoms with E-state index in [1.807, 2.05) is 5.92 Å². The molecule has 1 heterocycles. The third-order valence-corrected chi connectivity index (χ3v) is 1.86. The van der Waals surface area contributed by atoms with Gasteiger partial charge in [0.05, 0.1) is 6.61 Å². The molecule has 1 fully saturated rings. The SMILES string of the molecule is C#CC1(O)COC(F)(CO)C1O. The molecule has 1 rings (SSSR count). The van der Waals surface area contributed by atoms with E-state index in [4.69, 9.17) is 16.6 Å². The van der Waals surface area contributed by atoms with Gasteiger partial charge in [-0.15, -0.1) is 6.42 Å². The maximum atomic E-state index is 13.1. The van der Waals surface area contributed by atoms with Crippen molar-refractivity contribution in [2.24, 2.45) is 0 Å². The minimum Gasteiger partial charge on any atom is -0.390 e. The van der Waals surface area contributed by atoms with Gasteiger partial charge >= 0.3 is 0 Å². The van der Waals surface area contributed by atoms with E-state index in [9.17, 15) is 9.50 Å². The van der Waals surface area contributed by atoms with Crippen LogP contribution < -0.4 is 0 Å². The van der Waals surface area contributed by atoms with Crippen LogP contribution in [-0.4, -0.2) is 46.1 Å². The van der Waals surface area contributed by atoms with Crippen LogP contribution in [0.1, 0.15) is 0 Å². The van der Waals surface area contributed by atoms with Crippen LogP contribution in [-0.2, 0) is 4.74 Å². The fourth-order valence-electron chi connectivity index (χ4n) is 0.997. The van der Waals surface area contributed by atoms with Crippen LogP contribution in [0.3, 0.4) is 0 Å².